The number of aromatic nitrogens is 1. The highest BCUT2D eigenvalue weighted by molar-refractivity contribution is 5.86. The van der Waals surface area contributed by atoms with Crippen molar-refractivity contribution in [1.82, 2.24) is 15.2 Å². The van der Waals surface area contributed by atoms with Crippen LogP contribution in [0.25, 0.3) is 11.1 Å². The monoisotopic (exact) mass is 433 g/mol. The molecule has 3 heterocycles. The predicted molar refractivity (Wildman–Crippen MR) is 124 cm³/mol. The Kier molecular flexibility index (Phi) is 7.00. The van der Waals surface area contributed by atoms with Crippen molar-refractivity contribution in [2.45, 2.75) is 38.2 Å². The zero-order valence-electron chi connectivity index (χ0n) is 18.5. The number of pyridine rings is 1. The van der Waals surface area contributed by atoms with Gasteiger partial charge >= 0.3 is 0 Å². The molecule has 6 heteroatoms. The van der Waals surface area contributed by atoms with Gasteiger partial charge in [-0.25, -0.2) is 0 Å². The molecule has 4 rings (SSSR count). The Morgan fingerprint density at radius 3 is 2.88 bits per heavy atom. The van der Waals surface area contributed by atoms with Crippen LogP contribution in [0.15, 0.2) is 61.4 Å². The summed E-state index contributed by atoms with van der Waals surface area (Å²) in [7, 11) is 0. The maximum absolute atomic E-state index is 13.5. The molecule has 0 aliphatic carbocycles. The predicted octanol–water partition coefficient (Wildman–Crippen LogP) is 3.38. The number of hydrogen-bond donors (Lipinski definition) is 1. The first kappa shape index (κ1) is 22.2. The number of nitrogens with one attached hydrogen (secondary N) is 1. The van der Waals surface area contributed by atoms with Gasteiger partial charge in [0.15, 0.2) is 0 Å². The van der Waals surface area contributed by atoms with Gasteiger partial charge in [0.05, 0.1) is 5.41 Å². The lowest BCUT2D eigenvalue weighted by molar-refractivity contribution is -0.148. The van der Waals surface area contributed by atoms with Crippen LogP contribution in [0, 0.1) is 5.41 Å². The first-order chi connectivity index (χ1) is 15.6. The largest absolute Gasteiger partial charge is 0.368 e. The van der Waals surface area contributed by atoms with Gasteiger partial charge in [-0.15, -0.1) is 6.58 Å². The van der Waals surface area contributed by atoms with Crippen LogP contribution in [0.4, 0.5) is 0 Å². The summed E-state index contributed by atoms with van der Waals surface area (Å²) in [6.07, 6.45) is 8.65. The van der Waals surface area contributed by atoms with Crippen molar-refractivity contribution in [3.8, 4) is 11.1 Å². The lowest BCUT2D eigenvalue weighted by Gasteiger charge is -2.42. The Morgan fingerprint density at radius 1 is 1.25 bits per heavy atom. The summed E-state index contributed by atoms with van der Waals surface area (Å²) in [6.45, 7) is 5.84. The quantitative estimate of drug-likeness (QED) is 0.680. The van der Waals surface area contributed by atoms with E-state index in [1.807, 2.05) is 35.4 Å². The number of nitrogens with zero attached hydrogens (tertiary/aromatic N) is 2. The van der Waals surface area contributed by atoms with E-state index in [0.29, 0.717) is 32.7 Å². The van der Waals surface area contributed by atoms with Crippen molar-refractivity contribution in [2.24, 2.45) is 5.41 Å². The molecular formula is C26H31N3O3. The smallest absolute Gasteiger partial charge is 0.251 e. The van der Waals surface area contributed by atoms with Crippen LogP contribution in [0.2, 0.25) is 0 Å². The van der Waals surface area contributed by atoms with Gasteiger partial charge in [0.2, 0.25) is 5.91 Å². The molecule has 0 spiro atoms. The number of rotatable bonds is 7. The molecule has 2 amide bonds. The molecule has 0 radical (unpaired) electrons. The molecule has 2 atom stereocenters. The minimum atomic E-state index is -0.701. The molecule has 2 saturated heterocycles. The van der Waals surface area contributed by atoms with Crippen LogP contribution in [-0.2, 0) is 20.7 Å². The summed E-state index contributed by atoms with van der Waals surface area (Å²) in [5.41, 5.74) is 2.47. The van der Waals surface area contributed by atoms with Gasteiger partial charge in [-0.3, -0.25) is 14.6 Å². The highest BCUT2D eigenvalue weighted by atomic mass is 16.5. The third-order valence-corrected chi connectivity index (χ3v) is 6.50. The molecular weight excluding hydrogens is 402 g/mol. The molecule has 0 bridgehead atoms. The number of ether oxygens (including phenoxy) is 1. The SMILES string of the molecule is C=CCNC(=O)[C@]1(Cc2ccccc2-c2cccnc2)CCCN(C(=O)[C@@H]2CCCO2)C1. The molecule has 2 aromatic rings. The van der Waals surface area contributed by atoms with Gasteiger partial charge in [0, 0.05) is 44.2 Å². The average molecular weight is 434 g/mol. The van der Waals surface area contributed by atoms with Crippen LogP contribution in [0.1, 0.15) is 31.2 Å². The number of carbonyl (C=O) groups is 2. The van der Waals surface area contributed by atoms with E-state index < -0.39 is 5.41 Å². The zero-order valence-corrected chi connectivity index (χ0v) is 18.5. The molecule has 1 aromatic heterocycles. The third kappa shape index (κ3) is 4.75. The molecule has 6 nitrogen and oxygen atoms in total. The highest BCUT2D eigenvalue weighted by Gasteiger charge is 2.45. The molecule has 2 fully saturated rings. The van der Waals surface area contributed by atoms with Gasteiger partial charge in [0.25, 0.3) is 5.91 Å². The van der Waals surface area contributed by atoms with Crippen molar-refractivity contribution in [1.29, 1.82) is 0 Å². The minimum absolute atomic E-state index is 0.0173. The molecule has 1 aromatic carbocycles. The van der Waals surface area contributed by atoms with E-state index in [9.17, 15) is 9.59 Å². The number of likely N-dealkylation sites (tertiary alicyclic amines) is 1. The third-order valence-electron chi connectivity index (χ3n) is 6.50. The van der Waals surface area contributed by atoms with E-state index in [2.05, 4.69) is 29.0 Å². The highest BCUT2D eigenvalue weighted by Crippen LogP contribution is 2.37. The van der Waals surface area contributed by atoms with Crippen LogP contribution >= 0.6 is 0 Å². The van der Waals surface area contributed by atoms with Crippen molar-refractivity contribution >= 4 is 11.8 Å². The van der Waals surface area contributed by atoms with Crippen molar-refractivity contribution in [3.63, 3.8) is 0 Å². The van der Waals surface area contributed by atoms with Crippen LogP contribution < -0.4 is 5.32 Å². The molecule has 32 heavy (non-hydrogen) atoms. The second-order valence-corrected chi connectivity index (χ2v) is 8.72. The normalized spacial score (nSPS) is 23.0. The Balaban J connectivity index is 1.65. The lowest BCUT2D eigenvalue weighted by Crippen LogP contribution is -2.56. The van der Waals surface area contributed by atoms with Gasteiger partial charge in [-0.1, -0.05) is 36.4 Å². The second kappa shape index (κ2) is 10.1. The van der Waals surface area contributed by atoms with Crippen molar-refractivity contribution in [2.75, 3.05) is 26.2 Å². The van der Waals surface area contributed by atoms with E-state index in [-0.39, 0.29) is 17.9 Å². The first-order valence-corrected chi connectivity index (χ1v) is 11.4. The summed E-state index contributed by atoms with van der Waals surface area (Å²) >= 11 is 0. The van der Waals surface area contributed by atoms with Crippen molar-refractivity contribution in [3.05, 3.63) is 67.0 Å². The lowest BCUT2D eigenvalue weighted by atomic mass is 9.73. The van der Waals surface area contributed by atoms with Gasteiger partial charge in [0.1, 0.15) is 6.10 Å². The summed E-state index contributed by atoms with van der Waals surface area (Å²) < 4.78 is 5.64. The van der Waals surface area contributed by atoms with E-state index in [1.165, 1.54) is 0 Å². The summed E-state index contributed by atoms with van der Waals surface area (Å²) in [4.78, 5) is 32.7. The van der Waals surface area contributed by atoms with E-state index in [0.717, 1.165) is 42.4 Å². The van der Waals surface area contributed by atoms with E-state index >= 15 is 0 Å². The molecule has 1 N–H and O–H groups in total. The molecule has 2 aliphatic rings. The zero-order chi connectivity index (χ0) is 22.4. The molecule has 168 valence electrons. The Labute approximate surface area is 189 Å². The fraction of sp³-hybridized carbons (Fsp3) is 0.423. The van der Waals surface area contributed by atoms with Crippen LogP contribution in [0.3, 0.4) is 0 Å². The second-order valence-electron chi connectivity index (χ2n) is 8.72. The topological polar surface area (TPSA) is 71.5 Å². The number of hydrogen-bond acceptors (Lipinski definition) is 4. The fourth-order valence-corrected chi connectivity index (χ4v) is 4.90. The number of piperidine rings is 1. The van der Waals surface area contributed by atoms with Crippen LogP contribution in [-0.4, -0.2) is 54.0 Å². The standard InChI is InChI=1S/C26H31N3O3/c1-2-13-28-25(31)26(12-7-15-29(19-26)24(30)23-11-6-16-32-23)17-20-8-3-4-10-22(20)21-9-5-14-27-18-21/h2-5,8-10,14,18,23H,1,6-7,11-13,15-17,19H2,(H,28,31)/t23-,26-/m0/s1. The average Bonchev–Trinajstić information content (AvgIpc) is 3.38. The Morgan fingerprint density at radius 2 is 2.12 bits per heavy atom. The van der Waals surface area contributed by atoms with E-state index in [1.54, 1.807) is 12.3 Å². The molecule has 0 saturated carbocycles. The van der Waals surface area contributed by atoms with E-state index in [4.69, 9.17) is 4.74 Å². The Hall–Kier alpha value is -2.99. The van der Waals surface area contributed by atoms with Crippen molar-refractivity contribution < 1.29 is 14.3 Å². The van der Waals surface area contributed by atoms with Gasteiger partial charge in [-0.2, -0.15) is 0 Å². The van der Waals surface area contributed by atoms with Crippen LogP contribution in [0.5, 0.6) is 0 Å². The van der Waals surface area contributed by atoms with Gasteiger partial charge in [-0.05, 0) is 49.3 Å². The number of amides is 2. The molecule has 2 aliphatic heterocycles. The maximum atomic E-state index is 13.5. The maximum Gasteiger partial charge on any atom is 0.251 e. The fourth-order valence-electron chi connectivity index (χ4n) is 4.90. The number of carbonyl (C=O) groups excluding carboxylic acids is 2. The first-order valence-electron chi connectivity index (χ1n) is 11.4. The summed E-state index contributed by atoms with van der Waals surface area (Å²) in [5, 5.41) is 3.01. The summed E-state index contributed by atoms with van der Waals surface area (Å²) in [6, 6.07) is 12.1. The van der Waals surface area contributed by atoms with Gasteiger partial charge < -0.3 is 15.0 Å². The number of benzene rings is 1. The molecule has 0 unspecified atom stereocenters. The summed E-state index contributed by atoms with van der Waals surface area (Å²) in [5.74, 6) is -0.00753. The minimum Gasteiger partial charge on any atom is -0.368 e. The Bertz CT molecular complexity index is 956.